The van der Waals surface area contributed by atoms with Gasteiger partial charge < -0.3 is 24.3 Å². The van der Waals surface area contributed by atoms with Crippen molar-refractivity contribution in [1.29, 1.82) is 0 Å². The van der Waals surface area contributed by atoms with E-state index in [0.717, 1.165) is 17.7 Å². The first-order valence-corrected chi connectivity index (χ1v) is 10.9. The number of rotatable bonds is 7. The first-order chi connectivity index (χ1) is 15.5. The molecule has 170 valence electrons. The molecule has 2 aromatic rings. The van der Waals surface area contributed by atoms with Crippen LogP contribution < -0.4 is 20.3 Å². The minimum atomic E-state index is -0.165. The molecule has 1 aromatic carbocycles. The van der Waals surface area contributed by atoms with Crippen LogP contribution in [0.2, 0.25) is 0 Å². The van der Waals surface area contributed by atoms with Gasteiger partial charge in [-0.1, -0.05) is 12.1 Å². The number of aromatic nitrogens is 1. The smallest absolute Gasteiger partial charge is 0.250 e. The van der Waals surface area contributed by atoms with Crippen LogP contribution in [0.3, 0.4) is 0 Å². The van der Waals surface area contributed by atoms with Crippen LogP contribution in [0.1, 0.15) is 36.4 Å². The summed E-state index contributed by atoms with van der Waals surface area (Å²) in [6, 6.07) is 10.8. The monoisotopic (exact) mass is 439 g/mol. The number of fused-ring (bicyclic) bond motifs is 4. The van der Waals surface area contributed by atoms with Gasteiger partial charge in [-0.05, 0) is 36.1 Å². The number of hydrogen-bond acceptors (Lipinski definition) is 5. The molecular weight excluding hydrogens is 410 g/mol. The number of nitrogens with zero attached hydrogens (tertiary/aromatic N) is 2. The highest BCUT2D eigenvalue weighted by atomic mass is 16.5. The van der Waals surface area contributed by atoms with E-state index in [4.69, 9.17) is 9.47 Å². The zero-order valence-electron chi connectivity index (χ0n) is 18.5. The van der Waals surface area contributed by atoms with Crippen molar-refractivity contribution in [3.63, 3.8) is 0 Å². The average Bonchev–Trinajstić information content (AvgIpc) is 2.81. The Kier molecular flexibility index (Phi) is 6.48. The molecule has 2 aliphatic rings. The molecule has 32 heavy (non-hydrogen) atoms. The molecule has 1 saturated heterocycles. The maximum absolute atomic E-state index is 12.8. The van der Waals surface area contributed by atoms with Crippen molar-refractivity contribution < 1.29 is 19.1 Å². The minimum Gasteiger partial charge on any atom is -0.493 e. The van der Waals surface area contributed by atoms with E-state index < -0.39 is 0 Å². The summed E-state index contributed by atoms with van der Waals surface area (Å²) in [4.78, 5) is 39.1. The first-order valence-electron chi connectivity index (χ1n) is 10.9. The SMILES string of the molecule is COc1ccc(CNC(=O)CCC(=O)N2C[C@H]3C[C@@H](C2)c2cccc(=O)n2C3)cc1OC. The van der Waals surface area contributed by atoms with E-state index in [2.05, 4.69) is 5.32 Å². The number of hydrogen-bond donors (Lipinski definition) is 1. The molecule has 4 rings (SSSR count). The van der Waals surface area contributed by atoms with Gasteiger partial charge in [-0.15, -0.1) is 0 Å². The fourth-order valence-electron chi connectivity index (χ4n) is 4.76. The maximum atomic E-state index is 12.8. The Labute approximate surface area is 187 Å². The molecule has 2 aliphatic heterocycles. The summed E-state index contributed by atoms with van der Waals surface area (Å²) >= 11 is 0. The highest BCUT2D eigenvalue weighted by molar-refractivity contribution is 5.83. The Balaban J connectivity index is 1.28. The standard InChI is InChI=1S/C24H29N3O5/c1-31-20-7-6-16(11-21(20)32-2)12-25-22(28)8-9-23(29)26-13-17-10-18(15-26)19-4-3-5-24(30)27(19)14-17/h3-7,11,17-18H,8-10,12-15H2,1-2H3,(H,25,28)/t17-,18+/m1/s1. The Bertz CT molecular complexity index is 1060. The molecule has 2 amide bonds. The third kappa shape index (κ3) is 4.64. The molecule has 1 aromatic heterocycles. The van der Waals surface area contributed by atoms with Crippen LogP contribution >= 0.6 is 0 Å². The van der Waals surface area contributed by atoms with Crippen molar-refractivity contribution in [2.75, 3.05) is 27.3 Å². The number of likely N-dealkylation sites (tertiary alicyclic amines) is 1. The number of pyridine rings is 1. The normalized spacial score (nSPS) is 19.1. The van der Waals surface area contributed by atoms with E-state index in [1.54, 1.807) is 32.4 Å². The predicted octanol–water partition coefficient (Wildman–Crippen LogP) is 1.91. The lowest BCUT2D eigenvalue weighted by Crippen LogP contribution is -2.49. The Hall–Kier alpha value is -3.29. The zero-order chi connectivity index (χ0) is 22.7. The lowest BCUT2D eigenvalue weighted by molar-refractivity contribution is -0.136. The first kappa shape index (κ1) is 21.9. The largest absolute Gasteiger partial charge is 0.493 e. The lowest BCUT2D eigenvalue weighted by Gasteiger charge is -2.42. The molecule has 8 nitrogen and oxygen atoms in total. The van der Waals surface area contributed by atoms with Crippen molar-refractivity contribution in [2.24, 2.45) is 5.92 Å². The molecule has 2 bridgehead atoms. The van der Waals surface area contributed by atoms with Crippen molar-refractivity contribution in [1.82, 2.24) is 14.8 Å². The number of ether oxygens (including phenoxy) is 2. The van der Waals surface area contributed by atoms with Gasteiger partial charge in [0.05, 0.1) is 14.2 Å². The fraction of sp³-hybridized carbons (Fsp3) is 0.458. The van der Waals surface area contributed by atoms with Gasteiger partial charge >= 0.3 is 0 Å². The van der Waals surface area contributed by atoms with Gasteiger partial charge in [0, 0.05) is 56.7 Å². The molecule has 1 fully saturated rings. The van der Waals surface area contributed by atoms with Crippen molar-refractivity contribution in [3.05, 3.63) is 58.0 Å². The Morgan fingerprint density at radius 1 is 1.03 bits per heavy atom. The summed E-state index contributed by atoms with van der Waals surface area (Å²) in [6.45, 7) is 2.25. The fourth-order valence-corrected chi connectivity index (χ4v) is 4.76. The van der Waals surface area contributed by atoms with E-state index >= 15 is 0 Å². The number of benzene rings is 1. The van der Waals surface area contributed by atoms with E-state index in [-0.39, 0.29) is 42.1 Å². The topological polar surface area (TPSA) is 89.9 Å². The van der Waals surface area contributed by atoms with E-state index in [0.29, 0.717) is 37.7 Å². The molecule has 0 unspecified atom stereocenters. The van der Waals surface area contributed by atoms with Crippen molar-refractivity contribution >= 4 is 11.8 Å². The van der Waals surface area contributed by atoms with Crippen molar-refractivity contribution in [2.45, 2.75) is 38.3 Å². The second-order valence-corrected chi connectivity index (χ2v) is 8.46. The number of carbonyl (C=O) groups is 2. The van der Waals surface area contributed by atoms with Gasteiger partial charge in [-0.3, -0.25) is 14.4 Å². The Morgan fingerprint density at radius 2 is 1.84 bits per heavy atom. The second-order valence-electron chi connectivity index (χ2n) is 8.46. The van der Waals surface area contributed by atoms with Gasteiger partial charge in [-0.2, -0.15) is 0 Å². The molecule has 2 atom stereocenters. The lowest BCUT2D eigenvalue weighted by atomic mass is 9.83. The van der Waals surface area contributed by atoms with Crippen LogP contribution in [0.4, 0.5) is 0 Å². The molecule has 0 radical (unpaired) electrons. The van der Waals surface area contributed by atoms with E-state index in [1.807, 2.05) is 27.7 Å². The van der Waals surface area contributed by atoms with Gasteiger partial charge in [0.15, 0.2) is 11.5 Å². The summed E-state index contributed by atoms with van der Waals surface area (Å²) < 4.78 is 12.4. The molecule has 0 saturated carbocycles. The number of piperidine rings is 1. The summed E-state index contributed by atoms with van der Waals surface area (Å²) in [5.74, 6) is 1.53. The summed E-state index contributed by atoms with van der Waals surface area (Å²) in [6.07, 6.45) is 1.33. The minimum absolute atomic E-state index is 0.00676. The maximum Gasteiger partial charge on any atom is 0.250 e. The van der Waals surface area contributed by atoms with Crippen LogP contribution in [0.15, 0.2) is 41.2 Å². The highest BCUT2D eigenvalue weighted by Gasteiger charge is 2.36. The summed E-state index contributed by atoms with van der Waals surface area (Å²) in [5.41, 5.74) is 1.93. The molecule has 0 aliphatic carbocycles. The highest BCUT2D eigenvalue weighted by Crippen LogP contribution is 2.35. The molecule has 8 heteroatoms. The third-order valence-corrected chi connectivity index (χ3v) is 6.34. The quantitative estimate of drug-likeness (QED) is 0.712. The number of amides is 2. The third-order valence-electron chi connectivity index (χ3n) is 6.34. The number of nitrogens with one attached hydrogen (secondary N) is 1. The van der Waals surface area contributed by atoms with E-state index in [1.165, 1.54) is 0 Å². The van der Waals surface area contributed by atoms with Gasteiger partial charge in [-0.25, -0.2) is 0 Å². The Morgan fingerprint density at radius 3 is 2.62 bits per heavy atom. The summed E-state index contributed by atoms with van der Waals surface area (Å²) in [7, 11) is 3.14. The van der Waals surface area contributed by atoms with E-state index in [9.17, 15) is 14.4 Å². The van der Waals surface area contributed by atoms with Crippen LogP contribution in [0.25, 0.3) is 0 Å². The number of methoxy groups -OCH3 is 2. The van der Waals surface area contributed by atoms with Crippen LogP contribution in [0, 0.1) is 5.92 Å². The second kappa shape index (κ2) is 9.46. The number of carbonyl (C=O) groups excluding carboxylic acids is 2. The van der Waals surface area contributed by atoms with Crippen LogP contribution in [-0.4, -0.2) is 48.6 Å². The molecule has 3 heterocycles. The molecule has 0 spiro atoms. The van der Waals surface area contributed by atoms with Gasteiger partial charge in [0.1, 0.15) is 0 Å². The van der Waals surface area contributed by atoms with Gasteiger partial charge in [0.25, 0.3) is 5.56 Å². The summed E-state index contributed by atoms with van der Waals surface area (Å²) in [5, 5.41) is 2.86. The van der Waals surface area contributed by atoms with Crippen LogP contribution in [-0.2, 0) is 22.7 Å². The molecule has 1 N–H and O–H groups in total. The zero-order valence-corrected chi connectivity index (χ0v) is 18.5. The predicted molar refractivity (Wildman–Crippen MR) is 119 cm³/mol. The molecular formula is C24H29N3O5. The van der Waals surface area contributed by atoms with Crippen molar-refractivity contribution in [3.8, 4) is 11.5 Å². The average molecular weight is 440 g/mol. The van der Waals surface area contributed by atoms with Gasteiger partial charge in [0.2, 0.25) is 11.8 Å². The van der Waals surface area contributed by atoms with Crippen LogP contribution in [0.5, 0.6) is 11.5 Å².